The Labute approximate surface area is 272 Å². The highest BCUT2D eigenvalue weighted by atomic mass is 16.6. The summed E-state index contributed by atoms with van der Waals surface area (Å²) in [6.45, 7) is 0. The molecule has 0 aliphatic heterocycles. The van der Waals surface area contributed by atoms with Gasteiger partial charge in [0.1, 0.15) is 0 Å². The summed E-state index contributed by atoms with van der Waals surface area (Å²) < 4.78 is 0. The predicted molar refractivity (Wildman–Crippen MR) is 159 cm³/mol. The van der Waals surface area contributed by atoms with Crippen LogP contribution in [0.25, 0.3) is 0 Å². The van der Waals surface area contributed by atoms with Crippen molar-refractivity contribution in [2.45, 2.75) is 6.04 Å². The van der Waals surface area contributed by atoms with Crippen LogP contribution in [0.2, 0.25) is 0 Å². The average Bonchev–Trinajstić information content (AvgIpc) is 2.97. The van der Waals surface area contributed by atoms with Crippen LogP contribution in [0.5, 0.6) is 0 Å². The third-order valence-corrected chi connectivity index (χ3v) is 1.00. The Morgan fingerprint density at radius 1 is 0.229 bits per heavy atom. The van der Waals surface area contributed by atoms with Crippen molar-refractivity contribution in [2.24, 2.45) is 5.73 Å². The fraction of sp³-hybridized carbons (Fsp3) is 0.143. The van der Waals surface area contributed by atoms with E-state index >= 15 is 0 Å². The molecular weight excluding hydrogens is 686 g/mol. The van der Waals surface area contributed by atoms with Crippen molar-refractivity contribution in [3.8, 4) is 0 Å². The molecule has 0 amide bonds. The zero-order chi connectivity index (χ0) is 41.6. The summed E-state index contributed by atoms with van der Waals surface area (Å²) in [4.78, 5) is 0. The molecule has 0 saturated heterocycles. The van der Waals surface area contributed by atoms with Gasteiger partial charge in [-0.1, -0.05) is 36.5 Å². The van der Waals surface area contributed by atoms with Crippen molar-refractivity contribution < 1.29 is 151 Å². The first kappa shape index (κ1) is 72.4. The van der Waals surface area contributed by atoms with Crippen LogP contribution in [0.1, 0.15) is 0 Å². The summed E-state index contributed by atoms with van der Waals surface area (Å²) in [7, 11) is -21.7. The van der Waals surface area contributed by atoms with E-state index in [0.29, 0.717) is 0 Å². The van der Waals surface area contributed by atoms with Crippen LogP contribution in [0.15, 0.2) is 36.5 Å². The molecule has 1 aliphatic carbocycles. The molecule has 1 aliphatic rings. The highest BCUT2D eigenvalue weighted by molar-refractivity contribution is 6.32. The first-order chi connectivity index (χ1) is 21.2. The predicted octanol–water partition coefficient (Wildman–Crippen LogP) is -19.5. The maximum Gasteiger partial charge on any atom is 0.631 e. The first-order valence-corrected chi connectivity index (χ1v) is 10.4. The Morgan fingerprint density at radius 2 is 0.312 bits per heavy atom. The number of allylic oxidation sites excluding steroid dienone is 4. The van der Waals surface area contributed by atoms with Gasteiger partial charge in [0.05, 0.1) is 0 Å². The van der Waals surface area contributed by atoms with Gasteiger partial charge in [0.2, 0.25) is 0 Å². The molecule has 48 heavy (non-hydrogen) atoms. The van der Waals surface area contributed by atoms with E-state index in [1.54, 1.807) is 0 Å². The van der Waals surface area contributed by atoms with Gasteiger partial charge in [0.15, 0.2) is 0 Å². The normalized spacial score (nSPS) is 8.81. The number of hydrogen-bond acceptors (Lipinski definition) is 31. The third-order valence-electron chi connectivity index (χ3n) is 1.00. The molecule has 0 unspecified atom stereocenters. The van der Waals surface area contributed by atoms with E-state index in [0.717, 1.165) is 0 Å². The summed E-state index contributed by atoms with van der Waals surface area (Å²) in [5.41, 5.74) is 5.52. The highest BCUT2D eigenvalue weighted by Crippen LogP contribution is 1.91. The van der Waals surface area contributed by atoms with E-state index in [4.69, 9.17) is 156 Å². The zero-order valence-electron chi connectivity index (χ0n) is 23.8. The molecule has 0 aromatic heterocycles. The lowest BCUT2D eigenvalue weighted by molar-refractivity contribution is 0.276. The topological polar surface area (TPSA) is 633 Å². The van der Waals surface area contributed by atoms with E-state index in [2.05, 4.69) is 0 Å². The Morgan fingerprint density at radius 3 is 0.396 bits per heavy atom. The molecule has 0 atom stereocenters. The van der Waals surface area contributed by atoms with Crippen molar-refractivity contribution in [3.63, 3.8) is 0 Å². The minimum atomic E-state index is -2.17. The van der Waals surface area contributed by atoms with Crippen molar-refractivity contribution in [3.05, 3.63) is 36.5 Å². The summed E-state index contributed by atoms with van der Waals surface area (Å²) in [5, 5.41) is 215. The SMILES string of the molecule is NC1C=CC=CC=C1.OB(O)O.OB(O)O.OB(O)O.OB(O)O.OB(O)O.OB(O)O.OB(O)O.OB(O)O.OB(O)O.OB(O)O. The van der Waals surface area contributed by atoms with Gasteiger partial charge in [-0.2, -0.15) is 0 Å². The highest BCUT2D eigenvalue weighted by Gasteiger charge is 1.96. The molecular formula is C7H39B10NO30. The monoisotopic (exact) mass is 727 g/mol. The molecule has 31 nitrogen and oxygen atoms in total. The summed E-state index contributed by atoms with van der Waals surface area (Å²) >= 11 is 0. The Balaban J connectivity index is -0.0000000419. The van der Waals surface area contributed by atoms with Crippen LogP contribution in [0.3, 0.4) is 0 Å². The van der Waals surface area contributed by atoms with Gasteiger partial charge >= 0.3 is 73.2 Å². The molecule has 41 heteroatoms. The van der Waals surface area contributed by atoms with E-state index in [9.17, 15) is 0 Å². The molecule has 0 fully saturated rings. The van der Waals surface area contributed by atoms with E-state index in [1.807, 2.05) is 36.5 Å². The van der Waals surface area contributed by atoms with E-state index < -0.39 is 73.2 Å². The molecule has 0 aromatic rings. The molecule has 0 aromatic carbocycles. The molecule has 0 saturated carbocycles. The van der Waals surface area contributed by atoms with Crippen molar-refractivity contribution in [2.75, 3.05) is 0 Å². The van der Waals surface area contributed by atoms with Gasteiger partial charge in [-0.05, 0) is 0 Å². The fourth-order valence-electron chi connectivity index (χ4n) is 0.577. The first-order valence-electron chi connectivity index (χ1n) is 10.4. The van der Waals surface area contributed by atoms with Crippen molar-refractivity contribution >= 4 is 73.2 Å². The van der Waals surface area contributed by atoms with E-state index in [-0.39, 0.29) is 6.04 Å². The van der Waals surface area contributed by atoms with Crippen LogP contribution in [-0.2, 0) is 0 Å². The standard InChI is InChI=1S/C7H9N.10BH3O3/c8-7-5-3-1-2-4-6-7;10*2-1(3)4/h1-7H,8H2;10*2-4H. The quantitative estimate of drug-likeness (QED) is 0.103. The largest absolute Gasteiger partial charge is 0.631 e. The van der Waals surface area contributed by atoms with Crippen LogP contribution < -0.4 is 5.73 Å². The van der Waals surface area contributed by atoms with Crippen molar-refractivity contribution in [1.29, 1.82) is 0 Å². The molecule has 1 rings (SSSR count). The molecule has 32 N–H and O–H groups in total. The second-order valence-corrected chi connectivity index (χ2v) is 5.20. The van der Waals surface area contributed by atoms with Crippen LogP contribution in [-0.4, -0.2) is 230 Å². The maximum atomic E-state index is 7.17. The number of nitrogens with two attached hydrogens (primary N) is 1. The molecule has 282 valence electrons. The molecule has 0 radical (unpaired) electrons. The fourth-order valence-corrected chi connectivity index (χ4v) is 0.577. The lowest BCUT2D eigenvalue weighted by Gasteiger charge is -1.91. The average molecular weight is 725 g/mol. The maximum absolute atomic E-state index is 7.17. The van der Waals surface area contributed by atoms with Gasteiger partial charge in [0.25, 0.3) is 0 Å². The summed E-state index contributed by atoms with van der Waals surface area (Å²) in [5.74, 6) is 0. The van der Waals surface area contributed by atoms with Crippen LogP contribution in [0, 0.1) is 0 Å². The summed E-state index contributed by atoms with van der Waals surface area (Å²) in [6, 6.07) is 0.102. The van der Waals surface area contributed by atoms with Gasteiger partial charge in [0, 0.05) is 6.04 Å². The van der Waals surface area contributed by atoms with Gasteiger partial charge in [-0.3, -0.25) is 0 Å². The number of hydrogen-bond donors (Lipinski definition) is 31. The van der Waals surface area contributed by atoms with Gasteiger partial charge in [-0.15, -0.1) is 0 Å². The van der Waals surface area contributed by atoms with Gasteiger partial charge in [-0.25, -0.2) is 0 Å². The minimum Gasteiger partial charge on any atom is -0.402 e. The van der Waals surface area contributed by atoms with Gasteiger partial charge < -0.3 is 156 Å². The second-order valence-electron chi connectivity index (χ2n) is 5.20. The number of rotatable bonds is 0. The smallest absolute Gasteiger partial charge is 0.402 e. The van der Waals surface area contributed by atoms with Crippen LogP contribution >= 0.6 is 0 Å². The summed E-state index contributed by atoms with van der Waals surface area (Å²) in [6.07, 6.45) is 11.7. The lowest BCUT2D eigenvalue weighted by Crippen LogP contribution is -2.11. The van der Waals surface area contributed by atoms with Crippen LogP contribution in [0.4, 0.5) is 0 Å². The zero-order valence-corrected chi connectivity index (χ0v) is 23.8. The molecule has 0 bridgehead atoms. The Hall–Kier alpha value is -1.37. The Kier molecular flexibility index (Phi) is 96.8. The van der Waals surface area contributed by atoms with Crippen molar-refractivity contribution in [1.82, 2.24) is 0 Å². The molecule has 0 spiro atoms. The van der Waals surface area contributed by atoms with E-state index in [1.165, 1.54) is 0 Å². The molecule has 0 heterocycles. The third kappa shape index (κ3) is 1460. The Bertz CT molecular complexity index is 429. The minimum absolute atomic E-state index is 0.102. The lowest BCUT2D eigenvalue weighted by atomic mass is 10.3. The second kappa shape index (κ2) is 64.2.